The van der Waals surface area contributed by atoms with Crippen molar-refractivity contribution in [2.75, 3.05) is 26.3 Å². The van der Waals surface area contributed by atoms with E-state index in [1.54, 1.807) is 11.3 Å². The summed E-state index contributed by atoms with van der Waals surface area (Å²) in [4.78, 5) is 0. The molecule has 1 heterocycles. The summed E-state index contributed by atoms with van der Waals surface area (Å²) in [5, 5.41) is 7.77. The summed E-state index contributed by atoms with van der Waals surface area (Å²) < 4.78 is 5.40. The van der Waals surface area contributed by atoms with E-state index in [9.17, 15) is 0 Å². The van der Waals surface area contributed by atoms with Crippen molar-refractivity contribution in [3.63, 3.8) is 0 Å². The van der Waals surface area contributed by atoms with Crippen molar-refractivity contribution in [3.8, 4) is 0 Å². The van der Waals surface area contributed by atoms with Crippen molar-refractivity contribution in [3.05, 3.63) is 22.4 Å². The normalized spacial score (nSPS) is 10.7. The molecule has 0 aromatic carbocycles. The maximum absolute atomic E-state index is 5.40. The Bertz CT molecular complexity index is 224. The molecule has 0 bridgehead atoms. The van der Waals surface area contributed by atoms with E-state index in [1.165, 1.54) is 5.56 Å². The molecule has 0 atom stereocenters. The first-order chi connectivity index (χ1) is 7.43. The second kappa shape index (κ2) is 8.89. The minimum Gasteiger partial charge on any atom is -0.381 e. The maximum Gasteiger partial charge on any atom is 0.0478 e. The minimum absolute atomic E-state index is 0.888. The van der Waals surface area contributed by atoms with Gasteiger partial charge >= 0.3 is 0 Å². The minimum atomic E-state index is 0.888. The lowest BCUT2D eigenvalue weighted by atomic mass is 10.2. The van der Waals surface area contributed by atoms with Gasteiger partial charge in [-0.1, -0.05) is 6.92 Å². The van der Waals surface area contributed by atoms with Crippen LogP contribution in [0.15, 0.2) is 16.8 Å². The van der Waals surface area contributed by atoms with Crippen molar-refractivity contribution in [2.45, 2.75) is 26.2 Å². The molecule has 1 N–H and O–H groups in total. The zero-order valence-corrected chi connectivity index (χ0v) is 10.3. The third-order valence-electron chi connectivity index (χ3n) is 2.16. The molecule has 2 nitrogen and oxygen atoms in total. The molecule has 0 saturated heterocycles. The number of hydrogen-bond acceptors (Lipinski definition) is 3. The number of thiophene rings is 1. The van der Waals surface area contributed by atoms with E-state index in [0.717, 1.165) is 45.6 Å². The summed E-state index contributed by atoms with van der Waals surface area (Å²) in [5.41, 5.74) is 1.44. The van der Waals surface area contributed by atoms with E-state index in [-0.39, 0.29) is 0 Å². The fourth-order valence-corrected chi connectivity index (χ4v) is 2.04. The van der Waals surface area contributed by atoms with Gasteiger partial charge in [-0.25, -0.2) is 0 Å². The molecule has 0 saturated carbocycles. The third-order valence-corrected chi connectivity index (χ3v) is 2.89. The Hall–Kier alpha value is -0.380. The highest BCUT2D eigenvalue weighted by atomic mass is 32.1. The molecule has 0 radical (unpaired) electrons. The summed E-state index contributed by atoms with van der Waals surface area (Å²) in [5.74, 6) is 0. The highest BCUT2D eigenvalue weighted by Gasteiger charge is 1.92. The van der Waals surface area contributed by atoms with Gasteiger partial charge in [0.25, 0.3) is 0 Å². The molecule has 3 heteroatoms. The number of rotatable bonds is 9. The first-order valence-corrected chi connectivity index (χ1v) is 6.67. The first-order valence-electron chi connectivity index (χ1n) is 5.73. The van der Waals surface area contributed by atoms with Crippen LogP contribution >= 0.6 is 11.3 Å². The van der Waals surface area contributed by atoms with Crippen molar-refractivity contribution in [1.29, 1.82) is 0 Å². The number of ether oxygens (including phenoxy) is 1. The lowest BCUT2D eigenvalue weighted by Gasteiger charge is -2.04. The molecule has 0 spiro atoms. The Labute approximate surface area is 96.7 Å². The molecule has 1 aromatic heterocycles. The first kappa shape index (κ1) is 12.7. The quantitative estimate of drug-likeness (QED) is 0.655. The predicted molar refractivity (Wildman–Crippen MR) is 66.6 cm³/mol. The summed E-state index contributed by atoms with van der Waals surface area (Å²) >= 11 is 1.77. The molecule has 0 fully saturated rings. The van der Waals surface area contributed by atoms with Crippen LogP contribution in [0.25, 0.3) is 0 Å². The molecular formula is C12H21NOS. The second-order valence-electron chi connectivity index (χ2n) is 3.60. The van der Waals surface area contributed by atoms with Gasteiger partial charge in [0.05, 0.1) is 0 Å². The molecule has 1 rings (SSSR count). The monoisotopic (exact) mass is 227 g/mol. The molecule has 0 aliphatic carbocycles. The predicted octanol–water partition coefficient (Wildman–Crippen LogP) is 2.70. The van der Waals surface area contributed by atoms with Crippen LogP contribution in [-0.2, 0) is 11.2 Å². The molecule has 86 valence electrons. The van der Waals surface area contributed by atoms with E-state index in [4.69, 9.17) is 4.74 Å². The van der Waals surface area contributed by atoms with Crippen LogP contribution < -0.4 is 5.32 Å². The molecule has 0 amide bonds. The van der Waals surface area contributed by atoms with E-state index in [2.05, 4.69) is 29.1 Å². The van der Waals surface area contributed by atoms with E-state index < -0.39 is 0 Å². The summed E-state index contributed by atoms with van der Waals surface area (Å²) in [7, 11) is 0. The van der Waals surface area contributed by atoms with Gasteiger partial charge in [0.2, 0.25) is 0 Å². The lowest BCUT2D eigenvalue weighted by Crippen LogP contribution is -2.19. The van der Waals surface area contributed by atoms with Gasteiger partial charge in [0, 0.05) is 13.2 Å². The maximum atomic E-state index is 5.40. The zero-order chi connectivity index (χ0) is 10.8. The summed E-state index contributed by atoms with van der Waals surface area (Å²) in [6.07, 6.45) is 3.37. The van der Waals surface area contributed by atoms with Crippen LogP contribution in [0.5, 0.6) is 0 Å². The van der Waals surface area contributed by atoms with Crippen LogP contribution in [-0.4, -0.2) is 26.3 Å². The molecule has 1 aromatic rings. The topological polar surface area (TPSA) is 21.3 Å². The Kier molecular flexibility index (Phi) is 7.52. The van der Waals surface area contributed by atoms with Crippen LogP contribution in [0.1, 0.15) is 25.3 Å². The van der Waals surface area contributed by atoms with Gasteiger partial charge in [-0.2, -0.15) is 11.3 Å². The van der Waals surface area contributed by atoms with Gasteiger partial charge < -0.3 is 10.1 Å². The number of hydrogen-bond donors (Lipinski definition) is 1. The Morgan fingerprint density at radius 1 is 1.33 bits per heavy atom. The highest BCUT2D eigenvalue weighted by molar-refractivity contribution is 7.07. The fourth-order valence-electron chi connectivity index (χ4n) is 1.34. The average molecular weight is 227 g/mol. The SMILES string of the molecule is CCCOCCCNCCc1ccsc1. The van der Waals surface area contributed by atoms with Crippen molar-refractivity contribution in [1.82, 2.24) is 5.32 Å². The second-order valence-corrected chi connectivity index (χ2v) is 4.38. The van der Waals surface area contributed by atoms with E-state index in [0.29, 0.717) is 0 Å². The van der Waals surface area contributed by atoms with E-state index in [1.807, 2.05) is 0 Å². The van der Waals surface area contributed by atoms with Gasteiger partial charge in [0.1, 0.15) is 0 Å². The van der Waals surface area contributed by atoms with Crippen molar-refractivity contribution < 1.29 is 4.74 Å². The van der Waals surface area contributed by atoms with Crippen LogP contribution in [0.3, 0.4) is 0 Å². The summed E-state index contributed by atoms with van der Waals surface area (Å²) in [6.45, 7) is 6.06. The standard InChI is InChI=1S/C12H21NOS/c1-2-8-14-9-3-6-13-7-4-12-5-10-15-11-12/h5,10-11,13H,2-4,6-9H2,1H3. The van der Waals surface area contributed by atoms with E-state index >= 15 is 0 Å². The Morgan fingerprint density at radius 2 is 2.27 bits per heavy atom. The Balaban J connectivity index is 1.81. The average Bonchev–Trinajstić information content (AvgIpc) is 2.75. The molecule has 0 aliphatic heterocycles. The molecular weight excluding hydrogens is 206 g/mol. The van der Waals surface area contributed by atoms with Gasteiger partial charge in [-0.15, -0.1) is 0 Å². The highest BCUT2D eigenvalue weighted by Crippen LogP contribution is 2.05. The van der Waals surface area contributed by atoms with Gasteiger partial charge in [-0.3, -0.25) is 0 Å². The largest absolute Gasteiger partial charge is 0.381 e. The van der Waals surface area contributed by atoms with Crippen molar-refractivity contribution >= 4 is 11.3 Å². The van der Waals surface area contributed by atoms with Gasteiger partial charge in [0.15, 0.2) is 0 Å². The van der Waals surface area contributed by atoms with Crippen LogP contribution in [0.4, 0.5) is 0 Å². The van der Waals surface area contributed by atoms with Crippen LogP contribution in [0.2, 0.25) is 0 Å². The number of nitrogens with one attached hydrogen (secondary N) is 1. The zero-order valence-electron chi connectivity index (χ0n) is 9.50. The fraction of sp³-hybridized carbons (Fsp3) is 0.667. The molecule has 0 aliphatic rings. The third kappa shape index (κ3) is 6.66. The summed E-state index contributed by atoms with van der Waals surface area (Å²) in [6, 6.07) is 2.19. The lowest BCUT2D eigenvalue weighted by molar-refractivity contribution is 0.132. The Morgan fingerprint density at radius 3 is 3.00 bits per heavy atom. The molecule has 15 heavy (non-hydrogen) atoms. The smallest absolute Gasteiger partial charge is 0.0478 e. The van der Waals surface area contributed by atoms with Crippen molar-refractivity contribution in [2.24, 2.45) is 0 Å². The molecule has 0 unspecified atom stereocenters. The van der Waals surface area contributed by atoms with Crippen LogP contribution in [0, 0.1) is 0 Å². The van der Waals surface area contributed by atoms with Gasteiger partial charge in [-0.05, 0) is 54.7 Å².